The molecule has 0 aromatic rings. The van der Waals surface area contributed by atoms with E-state index in [1.54, 1.807) is 0 Å². The molecule has 0 saturated carbocycles. The van der Waals surface area contributed by atoms with E-state index in [-0.39, 0.29) is 12.6 Å². The number of unbranched alkanes of at least 4 members (excludes halogenated alkanes) is 16. The molecule has 0 unspecified atom stereocenters. The van der Waals surface area contributed by atoms with Crippen LogP contribution in [0.5, 0.6) is 0 Å². The van der Waals surface area contributed by atoms with Gasteiger partial charge in [-0.15, -0.1) is 0 Å². The van der Waals surface area contributed by atoms with Gasteiger partial charge < -0.3 is 9.29 Å². The first kappa shape index (κ1) is 42.9. The van der Waals surface area contributed by atoms with Crippen LogP contribution in [0.25, 0.3) is 0 Å². The average Bonchev–Trinajstić information content (AvgIpc) is 2.93. The molecule has 248 valence electrons. The smallest absolute Gasteiger partial charge is 0.343 e. The van der Waals surface area contributed by atoms with E-state index in [1.165, 1.54) is 128 Å². The van der Waals surface area contributed by atoms with Gasteiger partial charge in [0.25, 0.3) is 0 Å². The van der Waals surface area contributed by atoms with Crippen LogP contribution in [0, 0.1) is 0 Å². The van der Waals surface area contributed by atoms with E-state index in [9.17, 15) is 17.8 Å². The first-order valence-corrected chi connectivity index (χ1v) is 21.2. The molecule has 0 heterocycles. The van der Waals surface area contributed by atoms with Gasteiger partial charge in [0.05, 0.1) is 31.7 Å². The Morgan fingerprint density at radius 1 is 0.537 bits per heavy atom. The van der Waals surface area contributed by atoms with E-state index in [0.717, 1.165) is 25.4 Å². The van der Waals surface area contributed by atoms with Crippen molar-refractivity contribution in [3.63, 3.8) is 0 Å². The number of hydrogen-bond acceptors (Lipinski definition) is 6. The highest BCUT2D eigenvalue weighted by Gasteiger charge is 2.38. The molecule has 0 bridgehead atoms. The van der Waals surface area contributed by atoms with E-state index < -0.39 is 17.7 Å². The van der Waals surface area contributed by atoms with Crippen LogP contribution in [0.4, 0.5) is 0 Å². The molecule has 0 radical (unpaired) electrons. The zero-order chi connectivity index (χ0) is 31.1. The number of carbonyl (C=O) groups excluding carboxylic acids is 1. The Morgan fingerprint density at radius 2 is 0.878 bits per heavy atom. The number of esters is 1. The second-order valence-corrected chi connectivity index (χ2v) is 17.2. The Kier molecular flexibility index (Phi) is 32.6. The third-order valence-electron chi connectivity index (χ3n) is 7.66. The summed E-state index contributed by atoms with van der Waals surface area (Å²) in [6.07, 6.45) is 30.2. The summed E-state index contributed by atoms with van der Waals surface area (Å²) in [7, 11) is -5.67. The van der Waals surface area contributed by atoms with Crippen LogP contribution in [0.3, 0.4) is 0 Å². The average molecular weight is 625 g/mol. The van der Waals surface area contributed by atoms with Crippen LogP contribution in [0.15, 0.2) is 0 Å². The summed E-state index contributed by atoms with van der Waals surface area (Å²) < 4.78 is 39.7. The fourth-order valence-electron chi connectivity index (χ4n) is 5.10. The second-order valence-electron chi connectivity index (χ2n) is 11.8. The van der Waals surface area contributed by atoms with Crippen LogP contribution < -0.4 is 0 Å². The van der Waals surface area contributed by atoms with E-state index in [4.69, 9.17) is 4.74 Å². The lowest BCUT2D eigenvalue weighted by Crippen LogP contribution is -2.21. The lowest BCUT2D eigenvalue weighted by molar-refractivity contribution is -0.140. The third kappa shape index (κ3) is 32.5. The van der Waals surface area contributed by atoms with Gasteiger partial charge in [0.2, 0.25) is 10.4 Å². The quantitative estimate of drug-likeness (QED) is 0.0270. The van der Waals surface area contributed by atoms with Crippen LogP contribution in [-0.2, 0) is 24.1 Å². The molecular weight excluding hydrogens is 555 g/mol. The molecule has 0 saturated heterocycles. The van der Waals surface area contributed by atoms with Gasteiger partial charge >= 0.3 is 5.97 Å². The third-order valence-corrected chi connectivity index (χ3v) is 12.8. The van der Waals surface area contributed by atoms with Gasteiger partial charge in [0, 0.05) is 7.26 Å². The van der Waals surface area contributed by atoms with Crippen molar-refractivity contribution in [3.8, 4) is 0 Å². The molecule has 0 rings (SSSR count). The van der Waals surface area contributed by atoms with Crippen molar-refractivity contribution in [3.05, 3.63) is 0 Å². The number of hydrogen-bond donors (Lipinski definition) is 0. The zero-order valence-electron chi connectivity index (χ0n) is 27.9. The highest BCUT2D eigenvalue weighted by Crippen LogP contribution is 2.61. The molecule has 8 heteroatoms. The minimum atomic E-state index is -4.47. The molecule has 0 aliphatic heterocycles. The SMILES string of the molecule is CCCCCCCCOS(=O)(=O)[O-].CCCCCC[P+](CCCCCC)(CCCCCC)CC(=O)OCCCCC. The molecule has 0 aliphatic carbocycles. The Morgan fingerprint density at radius 3 is 1.29 bits per heavy atom. The van der Waals surface area contributed by atoms with E-state index in [0.29, 0.717) is 13.0 Å². The standard InChI is InChI=1S/C25H52O2P.C8H18O4S/c1-5-9-13-17-21-28(22-18-14-10-6-2,23-19-15-11-7-3)24-25(26)27-20-16-12-8-4;1-2-3-4-5-6-7-8-12-13(9,10)11/h5-24H2,1-4H3;2-8H2,1H3,(H,9,10,11)/q+1;/p-1. The fourth-order valence-corrected chi connectivity index (χ4v) is 9.88. The maximum Gasteiger partial charge on any atom is 0.343 e. The summed E-state index contributed by atoms with van der Waals surface area (Å²) in [4.78, 5) is 12.7. The van der Waals surface area contributed by atoms with Crippen LogP contribution >= 0.6 is 7.26 Å². The van der Waals surface area contributed by atoms with Gasteiger partial charge in [-0.3, -0.25) is 4.18 Å². The van der Waals surface area contributed by atoms with Crippen molar-refractivity contribution in [2.75, 3.05) is 37.9 Å². The van der Waals surface area contributed by atoms with Crippen molar-refractivity contribution in [1.82, 2.24) is 0 Å². The number of carbonyl (C=O) groups is 1. The van der Waals surface area contributed by atoms with Crippen LogP contribution in [0.2, 0.25) is 0 Å². The van der Waals surface area contributed by atoms with Crippen LogP contribution in [0.1, 0.15) is 169 Å². The fraction of sp³-hybridized carbons (Fsp3) is 0.970. The zero-order valence-corrected chi connectivity index (χ0v) is 29.6. The Hall–Kier alpha value is -0.230. The normalized spacial score (nSPS) is 11.8. The van der Waals surface area contributed by atoms with Gasteiger partial charge in [0.15, 0.2) is 6.16 Å². The largest absolute Gasteiger partial charge is 0.726 e. The van der Waals surface area contributed by atoms with Crippen molar-refractivity contribution in [2.45, 2.75) is 169 Å². The van der Waals surface area contributed by atoms with E-state index in [2.05, 4.69) is 38.8 Å². The minimum absolute atomic E-state index is 0.0258. The summed E-state index contributed by atoms with van der Waals surface area (Å²) in [6.45, 7) is 11.8. The first-order valence-electron chi connectivity index (χ1n) is 17.3. The van der Waals surface area contributed by atoms with Gasteiger partial charge in [-0.25, -0.2) is 13.2 Å². The van der Waals surface area contributed by atoms with Gasteiger partial charge in [-0.1, -0.05) is 118 Å². The van der Waals surface area contributed by atoms with Gasteiger partial charge in [-0.05, 0) is 51.4 Å². The molecule has 6 nitrogen and oxygen atoms in total. The summed E-state index contributed by atoms with van der Waals surface area (Å²) in [5, 5.41) is 0. The molecule has 0 spiro atoms. The molecule has 0 aromatic carbocycles. The van der Waals surface area contributed by atoms with E-state index in [1.807, 2.05) is 0 Å². The van der Waals surface area contributed by atoms with Crippen molar-refractivity contribution in [1.29, 1.82) is 0 Å². The highest BCUT2D eigenvalue weighted by atomic mass is 32.3. The first-order chi connectivity index (χ1) is 19.7. The monoisotopic (exact) mass is 624 g/mol. The lowest BCUT2D eigenvalue weighted by atomic mass is 10.1. The summed E-state index contributed by atoms with van der Waals surface area (Å²) >= 11 is 0. The Labute approximate surface area is 257 Å². The molecule has 0 N–H and O–H groups in total. The summed E-state index contributed by atoms with van der Waals surface area (Å²) in [6, 6.07) is 0. The van der Waals surface area contributed by atoms with Gasteiger partial charge in [-0.2, -0.15) is 0 Å². The van der Waals surface area contributed by atoms with Crippen molar-refractivity contribution < 1.29 is 26.7 Å². The predicted octanol–water partition coefficient (Wildman–Crippen LogP) is 10.3. The van der Waals surface area contributed by atoms with Gasteiger partial charge in [0.1, 0.15) is 0 Å². The second kappa shape index (κ2) is 31.2. The maximum atomic E-state index is 12.7. The van der Waals surface area contributed by atoms with Crippen molar-refractivity contribution in [2.24, 2.45) is 0 Å². The van der Waals surface area contributed by atoms with Crippen molar-refractivity contribution >= 4 is 23.6 Å². The topological polar surface area (TPSA) is 92.7 Å². The summed E-state index contributed by atoms with van der Waals surface area (Å²) in [5.74, 6) is 0.117. The molecular formula is C33H69O6PS. The molecule has 0 amide bonds. The van der Waals surface area contributed by atoms with E-state index >= 15 is 0 Å². The number of ether oxygens (including phenoxy) is 1. The molecule has 41 heavy (non-hydrogen) atoms. The Balaban J connectivity index is 0. The highest BCUT2D eigenvalue weighted by molar-refractivity contribution is 7.80. The molecule has 0 fully saturated rings. The molecule has 0 atom stereocenters. The summed E-state index contributed by atoms with van der Waals surface area (Å²) in [5.41, 5.74) is 0. The minimum Gasteiger partial charge on any atom is -0.726 e. The predicted molar refractivity (Wildman–Crippen MR) is 178 cm³/mol. The molecule has 0 aliphatic rings. The maximum absolute atomic E-state index is 12.7. The lowest BCUT2D eigenvalue weighted by Gasteiger charge is -2.27. The van der Waals surface area contributed by atoms with Crippen LogP contribution in [-0.4, -0.2) is 56.8 Å². The number of rotatable bonds is 29. The Bertz CT molecular complexity index is 625. The molecule has 0 aromatic heterocycles.